The Morgan fingerprint density at radius 3 is 2.97 bits per heavy atom. The van der Waals surface area contributed by atoms with Gasteiger partial charge in [-0.2, -0.15) is 4.98 Å². The standard InChI is InChI=1S/C20H25N5O3S/c1-2-4-15(21)18(29-22)20-23-19(24-28-20)13-6-3-5-12-14(13)9-11-10-16(27)25(7-8-26)17(11)12/h3,5-6,11,17,26H,2,4,7-10,21-22H2,1H3/b18-15-. The van der Waals surface area contributed by atoms with E-state index < -0.39 is 0 Å². The van der Waals surface area contributed by atoms with Crippen LogP contribution in [0.25, 0.3) is 16.3 Å². The Labute approximate surface area is 173 Å². The van der Waals surface area contributed by atoms with E-state index in [9.17, 15) is 9.90 Å². The molecule has 1 saturated heterocycles. The third kappa shape index (κ3) is 3.43. The SMILES string of the molecule is CCC/C(N)=C(/SN)c1nc(-c2cccc3c2CC2CC(=O)N(CCO)C32)no1. The van der Waals surface area contributed by atoms with Crippen LogP contribution >= 0.6 is 11.9 Å². The molecule has 8 nitrogen and oxygen atoms in total. The minimum absolute atomic E-state index is 0.00576. The van der Waals surface area contributed by atoms with Crippen molar-refractivity contribution in [1.29, 1.82) is 0 Å². The average Bonchev–Trinajstić information content (AvgIpc) is 3.38. The Bertz CT molecular complexity index is 957. The molecule has 1 aliphatic heterocycles. The first-order valence-electron chi connectivity index (χ1n) is 9.80. The van der Waals surface area contributed by atoms with Crippen LogP contribution in [-0.2, 0) is 11.2 Å². The molecule has 1 amide bonds. The van der Waals surface area contributed by atoms with Crippen LogP contribution in [0.5, 0.6) is 0 Å². The van der Waals surface area contributed by atoms with E-state index in [1.165, 1.54) is 0 Å². The molecule has 9 heteroatoms. The van der Waals surface area contributed by atoms with E-state index in [-0.39, 0.29) is 24.5 Å². The summed E-state index contributed by atoms with van der Waals surface area (Å²) in [7, 11) is 0. The largest absolute Gasteiger partial charge is 0.401 e. The van der Waals surface area contributed by atoms with Crippen LogP contribution in [-0.4, -0.2) is 39.2 Å². The number of aliphatic hydroxyl groups excluding tert-OH is 1. The molecule has 1 aromatic carbocycles. The zero-order chi connectivity index (χ0) is 20.5. The monoisotopic (exact) mass is 415 g/mol. The van der Waals surface area contributed by atoms with Crippen molar-refractivity contribution in [3.8, 4) is 11.4 Å². The van der Waals surface area contributed by atoms with Gasteiger partial charge in [0.2, 0.25) is 11.7 Å². The highest BCUT2D eigenvalue weighted by Gasteiger charge is 2.46. The van der Waals surface area contributed by atoms with Gasteiger partial charge in [-0.1, -0.05) is 36.7 Å². The van der Waals surface area contributed by atoms with Crippen LogP contribution in [0.1, 0.15) is 49.2 Å². The second kappa shape index (κ2) is 8.17. The average molecular weight is 416 g/mol. The Hall–Kier alpha value is -2.36. The molecule has 0 spiro atoms. The van der Waals surface area contributed by atoms with Crippen molar-refractivity contribution >= 4 is 22.8 Å². The van der Waals surface area contributed by atoms with E-state index in [0.29, 0.717) is 41.7 Å². The summed E-state index contributed by atoms with van der Waals surface area (Å²) < 4.78 is 5.47. The van der Waals surface area contributed by atoms with Gasteiger partial charge in [-0.3, -0.25) is 9.93 Å². The summed E-state index contributed by atoms with van der Waals surface area (Å²) in [5, 5.41) is 19.3. The summed E-state index contributed by atoms with van der Waals surface area (Å²) in [6.45, 7) is 2.36. The lowest BCUT2D eigenvalue weighted by Crippen LogP contribution is -2.30. The quantitative estimate of drug-likeness (QED) is 0.587. The number of hydrogen-bond donors (Lipinski definition) is 3. The van der Waals surface area contributed by atoms with E-state index in [1.807, 2.05) is 25.1 Å². The maximum atomic E-state index is 12.3. The summed E-state index contributed by atoms with van der Waals surface area (Å²) in [5.41, 5.74) is 9.90. The molecule has 2 heterocycles. The lowest BCUT2D eigenvalue weighted by Gasteiger charge is -2.24. The number of fused-ring (bicyclic) bond motifs is 3. The predicted octanol–water partition coefficient (Wildman–Crippen LogP) is 2.21. The number of amides is 1. The molecule has 154 valence electrons. The van der Waals surface area contributed by atoms with Crippen LogP contribution in [0, 0.1) is 5.92 Å². The molecule has 2 atom stereocenters. The molecule has 0 saturated carbocycles. The highest BCUT2D eigenvalue weighted by Crippen LogP contribution is 2.49. The van der Waals surface area contributed by atoms with Crippen LogP contribution in [0.2, 0.25) is 0 Å². The van der Waals surface area contributed by atoms with Crippen molar-refractivity contribution in [3.63, 3.8) is 0 Å². The lowest BCUT2D eigenvalue weighted by molar-refractivity contribution is -0.129. The van der Waals surface area contributed by atoms with Gasteiger partial charge in [0.05, 0.1) is 12.6 Å². The number of β-amino-alcohol motifs (C(OH)–C–C–N with tert-alkyl or cyclic N) is 1. The fourth-order valence-corrected chi connectivity index (χ4v) is 4.93. The maximum absolute atomic E-state index is 12.3. The molecule has 29 heavy (non-hydrogen) atoms. The molecular weight excluding hydrogens is 390 g/mol. The number of aliphatic hydroxyl groups is 1. The summed E-state index contributed by atoms with van der Waals surface area (Å²) in [6, 6.07) is 5.98. The van der Waals surface area contributed by atoms with E-state index in [2.05, 4.69) is 10.1 Å². The minimum Gasteiger partial charge on any atom is -0.401 e. The first-order valence-corrected chi connectivity index (χ1v) is 10.7. The molecule has 5 N–H and O–H groups in total. The van der Waals surface area contributed by atoms with Crippen LogP contribution in [0.15, 0.2) is 28.4 Å². The number of carbonyl (C=O) groups is 1. The van der Waals surface area contributed by atoms with Crippen molar-refractivity contribution in [2.45, 2.75) is 38.6 Å². The first-order chi connectivity index (χ1) is 14.1. The van der Waals surface area contributed by atoms with Crippen molar-refractivity contribution in [3.05, 3.63) is 40.9 Å². The number of allylic oxidation sites excluding steroid dienone is 1. The number of likely N-dealkylation sites (tertiary alicyclic amines) is 1. The van der Waals surface area contributed by atoms with Gasteiger partial charge in [0, 0.05) is 24.2 Å². The summed E-state index contributed by atoms with van der Waals surface area (Å²) in [4.78, 5) is 19.3. The molecule has 1 fully saturated rings. The van der Waals surface area contributed by atoms with Crippen molar-refractivity contribution in [2.24, 2.45) is 16.8 Å². The second-order valence-electron chi connectivity index (χ2n) is 7.44. The molecular formula is C20H25N5O3S. The smallest absolute Gasteiger partial charge is 0.267 e. The van der Waals surface area contributed by atoms with Crippen molar-refractivity contribution in [2.75, 3.05) is 13.2 Å². The van der Waals surface area contributed by atoms with E-state index in [0.717, 1.165) is 41.5 Å². The van der Waals surface area contributed by atoms with Gasteiger partial charge in [0.15, 0.2) is 0 Å². The normalized spacial score (nSPS) is 21.3. The van der Waals surface area contributed by atoms with Gasteiger partial charge in [-0.05, 0) is 41.8 Å². The second-order valence-corrected chi connectivity index (χ2v) is 8.09. The van der Waals surface area contributed by atoms with Gasteiger partial charge >= 0.3 is 0 Å². The van der Waals surface area contributed by atoms with E-state index >= 15 is 0 Å². The molecule has 0 radical (unpaired) electrons. The van der Waals surface area contributed by atoms with Gasteiger partial charge in [-0.25, -0.2) is 0 Å². The Morgan fingerprint density at radius 1 is 1.41 bits per heavy atom. The zero-order valence-corrected chi connectivity index (χ0v) is 17.1. The number of carbonyl (C=O) groups excluding carboxylic acids is 1. The number of hydrogen-bond acceptors (Lipinski definition) is 8. The fourth-order valence-electron chi connectivity index (χ4n) is 4.49. The number of nitrogens with zero attached hydrogens (tertiary/aromatic N) is 3. The third-order valence-electron chi connectivity index (χ3n) is 5.67. The highest BCUT2D eigenvalue weighted by atomic mass is 32.2. The van der Waals surface area contributed by atoms with Crippen LogP contribution in [0.4, 0.5) is 0 Å². The number of aromatic nitrogens is 2. The van der Waals surface area contributed by atoms with Gasteiger partial charge in [-0.15, -0.1) is 0 Å². The van der Waals surface area contributed by atoms with Crippen molar-refractivity contribution in [1.82, 2.24) is 15.0 Å². The Kier molecular flexibility index (Phi) is 5.62. The molecule has 4 rings (SSSR count). The first kappa shape index (κ1) is 19.9. The third-order valence-corrected chi connectivity index (χ3v) is 6.34. The molecule has 0 bridgehead atoms. The number of nitrogens with two attached hydrogens (primary N) is 2. The fraction of sp³-hybridized carbons (Fsp3) is 0.450. The number of benzene rings is 1. The maximum Gasteiger partial charge on any atom is 0.267 e. The van der Waals surface area contributed by atoms with Gasteiger partial charge in [0.1, 0.15) is 4.91 Å². The highest BCUT2D eigenvalue weighted by molar-refractivity contribution is 8.06. The summed E-state index contributed by atoms with van der Waals surface area (Å²) >= 11 is 1.02. The molecule has 2 unspecified atom stereocenters. The molecule has 2 aliphatic rings. The minimum atomic E-state index is -0.0385. The Balaban J connectivity index is 1.70. The lowest BCUT2D eigenvalue weighted by atomic mass is 10.0. The molecule has 1 aliphatic carbocycles. The summed E-state index contributed by atoms with van der Waals surface area (Å²) in [6.07, 6.45) is 2.88. The van der Waals surface area contributed by atoms with E-state index in [1.54, 1.807) is 4.90 Å². The predicted molar refractivity (Wildman–Crippen MR) is 111 cm³/mol. The Morgan fingerprint density at radius 2 is 2.24 bits per heavy atom. The van der Waals surface area contributed by atoms with Crippen LogP contribution in [0.3, 0.4) is 0 Å². The van der Waals surface area contributed by atoms with Crippen LogP contribution < -0.4 is 10.9 Å². The topological polar surface area (TPSA) is 132 Å². The van der Waals surface area contributed by atoms with Gasteiger partial charge < -0.3 is 20.3 Å². The molecule has 1 aromatic heterocycles. The zero-order valence-electron chi connectivity index (χ0n) is 16.3. The van der Waals surface area contributed by atoms with Crippen molar-refractivity contribution < 1.29 is 14.4 Å². The number of rotatable bonds is 7. The summed E-state index contributed by atoms with van der Waals surface area (Å²) in [5.74, 6) is 1.14. The van der Waals surface area contributed by atoms with E-state index in [4.69, 9.17) is 15.4 Å². The van der Waals surface area contributed by atoms with Gasteiger partial charge in [0.25, 0.3) is 5.89 Å². The molecule has 2 aromatic rings.